The van der Waals surface area contributed by atoms with Gasteiger partial charge in [-0.25, -0.2) is 14.4 Å². The zero-order valence-corrected chi connectivity index (χ0v) is 83.8. The van der Waals surface area contributed by atoms with Gasteiger partial charge in [-0.3, -0.25) is 10.8 Å². The van der Waals surface area contributed by atoms with E-state index in [1.165, 1.54) is 154 Å². The zero-order chi connectivity index (χ0) is 90.7. The van der Waals surface area contributed by atoms with Crippen molar-refractivity contribution in [3.05, 3.63) is 34.9 Å². The van der Waals surface area contributed by atoms with Gasteiger partial charge in [0.1, 0.15) is 24.1 Å². The van der Waals surface area contributed by atoms with E-state index in [1.807, 2.05) is 0 Å². The molecule has 24 atom stereocenters. The first-order valence-corrected chi connectivity index (χ1v) is 53.9. The summed E-state index contributed by atoms with van der Waals surface area (Å²) in [6.45, 7) is 40.1. The number of nitrogens with two attached hydrogens (primary N) is 5. The zero-order valence-electron chi connectivity index (χ0n) is 78.2. The van der Waals surface area contributed by atoms with Crippen LogP contribution in [0.2, 0.25) is 0 Å². The maximum atomic E-state index is 12.5. The fraction of sp³-hybridized carbons (Fsp3) is 0.869. The average molecular weight is 1880 g/mol. The summed E-state index contributed by atoms with van der Waals surface area (Å²) in [5.41, 5.74) is 32.4. The Morgan fingerprint density at radius 1 is 0.480 bits per heavy atom. The Morgan fingerprint density at radius 3 is 1.07 bits per heavy atom. The number of allylic oxidation sites excluding steroid dienone is 3. The van der Waals surface area contributed by atoms with Crippen LogP contribution in [0.3, 0.4) is 0 Å². The molecule has 0 heterocycles. The number of fused-ring (bicyclic) bond motifs is 15. The first-order chi connectivity index (χ1) is 57.6. The Labute approximate surface area is 780 Å². The fourth-order valence-corrected chi connectivity index (χ4v) is 28.0. The predicted octanol–water partition coefficient (Wildman–Crippen LogP) is 27.0. The predicted molar refractivity (Wildman–Crippen MR) is 515 cm³/mol. The van der Waals surface area contributed by atoms with Gasteiger partial charge in [0, 0.05) is 75.7 Å². The molecule has 2 amide bonds. The number of nitriles is 1. The number of carbonyl (C=O) groups is 3. The average Bonchev–Trinajstić information content (AvgIpc) is 1.66. The van der Waals surface area contributed by atoms with E-state index >= 15 is 0 Å². The number of nitrogens with one attached hydrogen (secondary N) is 5. The van der Waals surface area contributed by atoms with E-state index in [-0.39, 0.29) is 73.2 Å². The van der Waals surface area contributed by atoms with Gasteiger partial charge in [0.25, 0.3) is 0 Å². The van der Waals surface area contributed by atoms with Crippen molar-refractivity contribution in [1.29, 1.82) is 21.5 Å². The summed E-state index contributed by atoms with van der Waals surface area (Å²) < 4.78 is 17.0. The molecule has 9 fully saturated rings. The number of amidine groups is 2. The van der Waals surface area contributed by atoms with Crippen LogP contribution in [-0.2, 0) is 25.4 Å². The molecule has 9 saturated carbocycles. The number of alkyl carbamates (subject to hydrolysis) is 2. The summed E-state index contributed by atoms with van der Waals surface area (Å²) in [7, 11) is 14.7. The van der Waals surface area contributed by atoms with Crippen LogP contribution < -0.4 is 39.3 Å². The van der Waals surface area contributed by atoms with Crippen LogP contribution in [0.4, 0.5) is 14.4 Å². The summed E-state index contributed by atoms with van der Waals surface area (Å²) in [6.07, 6.45) is 50.8. The van der Waals surface area contributed by atoms with Gasteiger partial charge in [0.2, 0.25) is 0 Å². The molecule has 0 saturated heterocycles. The van der Waals surface area contributed by atoms with Crippen LogP contribution >= 0.6 is 65.1 Å². The van der Waals surface area contributed by atoms with E-state index in [0.29, 0.717) is 78.4 Å². The number of ether oxygens (including phenoxy) is 3. The van der Waals surface area contributed by atoms with Crippen LogP contribution in [-0.4, -0.2) is 91.4 Å². The molecule has 0 aromatic rings. The molecule has 0 aliphatic heterocycles. The molecule has 0 unspecified atom stereocenters. The third kappa shape index (κ3) is 30.5. The number of carbonyl (C=O) groups excluding carboxylic acids is 3. The second-order valence-corrected chi connectivity index (χ2v) is 49.0. The summed E-state index contributed by atoms with van der Waals surface area (Å²) >= 11 is 13.7. The van der Waals surface area contributed by atoms with Crippen LogP contribution in [0.5, 0.6) is 0 Å². The third-order valence-corrected chi connectivity index (χ3v) is 33.9. The first kappa shape index (κ1) is 111. The van der Waals surface area contributed by atoms with Crippen molar-refractivity contribution in [3.63, 3.8) is 0 Å². The van der Waals surface area contributed by atoms with Gasteiger partial charge in [-0.1, -0.05) is 204 Å². The van der Waals surface area contributed by atoms with Crippen molar-refractivity contribution in [2.75, 3.05) is 38.1 Å². The standard InChI is InChI=1S/C34H58N4O2.C30H52N2O2.C28H45ClO2.C3H5N3.C2H8N2.CH2Cl2.CH4.3ClH.Fe/c1-22(2)8-6-9-23(3)28-13-14-29-27-12-11-24-20-26(15-17-33(24,4)30(27)16-18-34(28,29)5)40-32(39)38-19-7-10-25(35)21-31(36)37;1-20(2)7-6-8-21(3)25-11-12-26-24-10-9-22-19-23(34-28(33)32-18-17-31)13-15-29(22,4)27(24)14-16-30(25,26)5;1-18(2)7-6-8-19(3)23-11-12-24-22-10-9-20-17-21(31-26(29)30)13-15-27(20,4)25(22)14-16-28(23,24)5;4-2-1-3(5)6;3-1-2-4;2-1-3;;;;;/h11,22-23,26-30,35H,6-10,12-21H2,1-5H3,(H3,36,37)(H,38,39);9,20-21,23-27H,6-8,10-19,31H2,1-5H3,(H,32,33);9,18-19,21-25H,6-8,10-17H2,1-5H3;1H2,(H3,5,6);1-4H2;1H2;1H4;3*1H;/q;;;;;;;;;;+3/p-3/t23-,26+,27+,28-,29+,30+,33+,34-;21-,23+,24+,25-,26+,27+,29+,30-;19-,21+,22+,23-,24+,25+,27+,28-;;;;;;;;/m111......../s1. The Morgan fingerprint density at radius 2 is 0.797 bits per heavy atom. The van der Waals surface area contributed by atoms with Crippen LogP contribution in [0, 0.1) is 167 Å². The molecule has 0 bridgehead atoms. The molecule has 12 rings (SSSR count). The molecule has 0 spiro atoms. The Bertz CT molecular complexity index is 3410. The first-order valence-electron chi connectivity index (χ1n) is 47.9. The van der Waals surface area contributed by atoms with E-state index in [1.54, 1.807) is 22.8 Å². The van der Waals surface area contributed by atoms with Gasteiger partial charge in [-0.05, 0) is 287 Å². The molecule has 0 aromatic carbocycles. The molecular formula is C99H174Cl6FeN11O6. The van der Waals surface area contributed by atoms with E-state index in [9.17, 15) is 14.4 Å². The minimum atomic E-state index is -1.33. The second-order valence-electron chi connectivity index (χ2n) is 42.4. The Hall–Kier alpha value is -2.53. The second kappa shape index (κ2) is 52.6. The summed E-state index contributed by atoms with van der Waals surface area (Å²) in [4.78, 5) is 35.8. The van der Waals surface area contributed by atoms with Crippen LogP contribution in [0.25, 0.3) is 0 Å². The number of rotatable bonds is 28. The van der Waals surface area contributed by atoms with E-state index < -0.39 is 16.6 Å². The topological polar surface area (TPSA) is 328 Å². The van der Waals surface area contributed by atoms with Gasteiger partial charge in [-0.15, -0.1) is 23.2 Å². The number of hydrogen-bond donors (Lipinski definition) is 10. The third-order valence-electron chi connectivity index (χ3n) is 33.8. The Kier molecular flexibility index (Phi) is 47.5. The fourth-order valence-electron chi connectivity index (χ4n) is 27.8. The van der Waals surface area contributed by atoms with Crippen molar-refractivity contribution >= 4 is 100 Å². The van der Waals surface area contributed by atoms with Crippen LogP contribution in [0.15, 0.2) is 34.9 Å². The number of alkyl halides is 2. The molecular weight excluding hydrogens is 1710 g/mol. The number of halogens is 6. The van der Waals surface area contributed by atoms with Crippen molar-refractivity contribution in [2.45, 2.75) is 367 Å². The van der Waals surface area contributed by atoms with E-state index in [2.05, 4.69) is 133 Å². The molecule has 15 N–H and O–H groups in total. The minimum absolute atomic E-state index is 0. The van der Waals surface area contributed by atoms with Gasteiger partial charge < -0.3 is 58.9 Å². The maximum absolute atomic E-state index is 12.5. The summed E-state index contributed by atoms with van der Waals surface area (Å²) in [5, 5.41) is 35.1. The van der Waals surface area contributed by atoms with Crippen molar-refractivity contribution in [1.82, 2.24) is 10.6 Å². The molecule has 0 radical (unpaired) electrons. The molecule has 123 heavy (non-hydrogen) atoms. The van der Waals surface area contributed by atoms with Crippen molar-refractivity contribution in [3.8, 4) is 6.07 Å². The van der Waals surface area contributed by atoms with E-state index in [4.69, 9.17) is 129 Å². The number of amides is 2. The van der Waals surface area contributed by atoms with Crippen molar-refractivity contribution < 1.29 is 39.8 Å². The quantitative estimate of drug-likeness (QED) is 0.00511. The van der Waals surface area contributed by atoms with Gasteiger partial charge in [0.05, 0.1) is 23.7 Å². The van der Waals surface area contributed by atoms with Gasteiger partial charge >= 0.3 is 59.1 Å². The molecule has 17 nitrogen and oxygen atoms in total. The Balaban J connectivity index is 0.000000299. The monoisotopic (exact) mass is 1880 g/mol. The summed E-state index contributed by atoms with van der Waals surface area (Å²) in [6, 6.07) is 1.72. The molecule has 0 aromatic heterocycles. The number of nitrogens with zero attached hydrogens (tertiary/aromatic N) is 1. The molecule has 12 aliphatic rings. The van der Waals surface area contributed by atoms with Crippen LogP contribution in [0.1, 0.15) is 349 Å². The molecule has 12 aliphatic carbocycles. The van der Waals surface area contributed by atoms with E-state index in [0.717, 1.165) is 164 Å². The van der Waals surface area contributed by atoms with Gasteiger partial charge in [0.15, 0.2) is 0 Å². The molecule has 711 valence electrons. The number of hydrogen-bond acceptors (Lipinski definition) is 13. The van der Waals surface area contributed by atoms with Gasteiger partial charge in [-0.2, -0.15) is 5.26 Å². The normalized spacial score (nSPS) is 34.6. The SMILES string of the molecule is C.CC(C)CCC[C@@H](C)[C@H]1CC[C@H]2[C@@H]3CC=C4C[C@@H](OC(=O)Cl)CC[C@]4(C)[C@H]3CC[C@]12C.CC(C)CCC[C@@H](C)[C@H]1CC[C@H]2[C@@H]3CC=C4C[C@@H](OC(=O)NCCCC(=N)CC(=N)N)CC[C@]4(C)[C@H]3CC[C@]12C.CC(C)CCC[C@@H](C)[C@H]1CC[C@H]2[C@@H]3CC=C4C[C@@H](OC(=O)NCCN)CC[C@]4(C)[C@H]3CC[C@]12C.ClCCl.N#CCC(=N)N.NCCN.[Cl][Fe]([Cl])[Cl]. The summed E-state index contributed by atoms with van der Waals surface area (Å²) in [5.74, 6) is 15.4. The molecule has 24 heteroatoms. The van der Waals surface area contributed by atoms with Crippen molar-refractivity contribution in [2.24, 2.45) is 168 Å².